The van der Waals surface area contributed by atoms with Crippen LogP contribution in [0.2, 0.25) is 0 Å². The second kappa shape index (κ2) is 7.42. The summed E-state index contributed by atoms with van der Waals surface area (Å²) in [7, 11) is 0. The first-order chi connectivity index (χ1) is 11.2. The van der Waals surface area contributed by atoms with E-state index in [1.807, 2.05) is 6.20 Å². The number of benzene rings is 1. The Balaban J connectivity index is 1.55. The highest BCUT2D eigenvalue weighted by atomic mass is 16.4. The van der Waals surface area contributed by atoms with Gasteiger partial charge in [0.05, 0.1) is 5.69 Å². The van der Waals surface area contributed by atoms with Gasteiger partial charge in [-0.1, -0.05) is 24.3 Å². The highest BCUT2D eigenvalue weighted by Gasteiger charge is 2.22. The van der Waals surface area contributed by atoms with Gasteiger partial charge < -0.3 is 15.3 Å². The minimum atomic E-state index is -0.939. The van der Waals surface area contributed by atoms with E-state index in [0.717, 1.165) is 38.9 Å². The van der Waals surface area contributed by atoms with Gasteiger partial charge in [-0.25, -0.2) is 4.79 Å². The van der Waals surface area contributed by atoms with Crippen LogP contribution in [0.3, 0.4) is 0 Å². The molecule has 122 valence electrons. The molecule has 1 aromatic heterocycles. The molecule has 1 aliphatic rings. The smallest absolute Gasteiger partial charge is 0.404 e. The number of hydrogen-bond acceptors (Lipinski definition) is 3. The third-order valence-electron chi connectivity index (χ3n) is 4.61. The maximum Gasteiger partial charge on any atom is 0.404 e. The molecular formula is C18H23N3O2. The van der Waals surface area contributed by atoms with E-state index in [1.165, 1.54) is 16.5 Å². The van der Waals surface area contributed by atoms with Crippen LogP contribution < -0.4 is 5.32 Å². The van der Waals surface area contributed by atoms with Crippen molar-refractivity contribution in [3.63, 3.8) is 0 Å². The first-order valence-electron chi connectivity index (χ1n) is 8.27. The number of rotatable bonds is 5. The van der Waals surface area contributed by atoms with Crippen LogP contribution in [0.1, 0.15) is 30.9 Å². The third kappa shape index (κ3) is 3.99. The normalized spacial score (nSPS) is 16.5. The summed E-state index contributed by atoms with van der Waals surface area (Å²) in [6.45, 7) is 3.60. The van der Waals surface area contributed by atoms with Gasteiger partial charge in [-0.15, -0.1) is 0 Å². The molecule has 0 aliphatic carbocycles. The molecule has 23 heavy (non-hydrogen) atoms. The molecule has 3 rings (SSSR count). The van der Waals surface area contributed by atoms with Crippen molar-refractivity contribution in [2.75, 3.05) is 26.2 Å². The lowest BCUT2D eigenvalue weighted by Crippen LogP contribution is -2.35. The number of amides is 1. The lowest BCUT2D eigenvalue weighted by Gasteiger charge is -2.32. The molecule has 5 heteroatoms. The molecule has 2 aromatic rings. The Hall–Kier alpha value is -2.14. The lowest BCUT2D eigenvalue weighted by atomic mass is 9.90. The zero-order valence-corrected chi connectivity index (χ0v) is 13.2. The number of carboxylic acid groups (broad SMARTS) is 1. The Labute approximate surface area is 136 Å². The number of fused-ring (bicyclic) bond motifs is 1. The average Bonchev–Trinajstić information content (AvgIpc) is 2.59. The molecule has 2 N–H and O–H groups in total. The summed E-state index contributed by atoms with van der Waals surface area (Å²) in [5.74, 6) is 0.523. The number of aromatic nitrogens is 1. The minimum absolute atomic E-state index is 0.523. The molecular weight excluding hydrogens is 290 g/mol. The largest absolute Gasteiger partial charge is 0.465 e. The molecule has 2 heterocycles. The molecule has 0 atom stereocenters. The van der Waals surface area contributed by atoms with Gasteiger partial charge in [0.15, 0.2) is 0 Å². The summed E-state index contributed by atoms with van der Waals surface area (Å²) >= 11 is 0. The topological polar surface area (TPSA) is 65.5 Å². The summed E-state index contributed by atoms with van der Waals surface area (Å²) in [4.78, 5) is 17.5. The molecule has 0 unspecified atom stereocenters. The molecule has 1 fully saturated rings. The minimum Gasteiger partial charge on any atom is -0.465 e. The maximum atomic E-state index is 10.4. The van der Waals surface area contributed by atoms with Gasteiger partial charge in [-0.3, -0.25) is 4.98 Å². The standard InChI is InChI=1S/C18H23N3O2/c22-18(23)20-9-3-11-21-12-7-15(8-13-21)17-16-5-2-1-4-14(16)6-10-19-17/h1-2,4-6,10,15,20H,3,7-9,11-13H2,(H,22,23). The van der Waals surface area contributed by atoms with Crippen LogP contribution in [0, 0.1) is 0 Å². The number of nitrogens with zero attached hydrogens (tertiary/aromatic N) is 2. The summed E-state index contributed by atoms with van der Waals surface area (Å²) in [6, 6.07) is 10.5. The van der Waals surface area contributed by atoms with Crippen LogP contribution in [0.15, 0.2) is 36.5 Å². The molecule has 5 nitrogen and oxygen atoms in total. The molecule has 0 spiro atoms. The number of likely N-dealkylation sites (tertiary alicyclic amines) is 1. The Kier molecular flexibility index (Phi) is 5.08. The van der Waals surface area contributed by atoms with Crippen molar-refractivity contribution in [2.24, 2.45) is 0 Å². The van der Waals surface area contributed by atoms with Crippen molar-refractivity contribution < 1.29 is 9.90 Å². The third-order valence-corrected chi connectivity index (χ3v) is 4.61. The monoisotopic (exact) mass is 313 g/mol. The van der Waals surface area contributed by atoms with Crippen molar-refractivity contribution >= 4 is 16.9 Å². The van der Waals surface area contributed by atoms with Crippen molar-refractivity contribution in [1.29, 1.82) is 0 Å². The van der Waals surface area contributed by atoms with Gasteiger partial charge >= 0.3 is 6.09 Å². The highest BCUT2D eigenvalue weighted by Crippen LogP contribution is 2.31. The fourth-order valence-electron chi connectivity index (χ4n) is 3.40. The van der Waals surface area contributed by atoms with Gasteiger partial charge in [-0.05, 0) is 50.3 Å². The second-order valence-electron chi connectivity index (χ2n) is 6.12. The highest BCUT2D eigenvalue weighted by molar-refractivity contribution is 5.84. The fraction of sp³-hybridized carbons (Fsp3) is 0.444. The number of nitrogens with one attached hydrogen (secondary N) is 1. The van der Waals surface area contributed by atoms with E-state index in [-0.39, 0.29) is 0 Å². The van der Waals surface area contributed by atoms with E-state index in [9.17, 15) is 4.79 Å². The zero-order chi connectivity index (χ0) is 16.1. The Bertz CT molecular complexity index is 661. The lowest BCUT2D eigenvalue weighted by molar-refractivity contribution is 0.189. The van der Waals surface area contributed by atoms with Gasteiger partial charge in [0.2, 0.25) is 0 Å². The van der Waals surface area contributed by atoms with Crippen molar-refractivity contribution in [3.05, 3.63) is 42.2 Å². The zero-order valence-electron chi connectivity index (χ0n) is 13.2. The quantitative estimate of drug-likeness (QED) is 0.833. The number of pyridine rings is 1. The van der Waals surface area contributed by atoms with E-state index in [1.54, 1.807) is 0 Å². The van der Waals surface area contributed by atoms with Crippen molar-refractivity contribution in [3.8, 4) is 0 Å². The van der Waals surface area contributed by atoms with E-state index in [4.69, 9.17) is 5.11 Å². The molecule has 1 aliphatic heterocycles. The predicted molar refractivity (Wildman–Crippen MR) is 90.8 cm³/mol. The SMILES string of the molecule is O=C(O)NCCCN1CCC(c2nccc3ccccc23)CC1. The summed E-state index contributed by atoms with van der Waals surface area (Å²) in [5.41, 5.74) is 1.23. The molecule has 1 amide bonds. The van der Waals surface area contributed by atoms with Crippen LogP contribution in [0.5, 0.6) is 0 Å². The Morgan fingerprint density at radius 1 is 1.26 bits per heavy atom. The van der Waals surface area contributed by atoms with Crippen LogP contribution in [0.25, 0.3) is 10.8 Å². The Morgan fingerprint density at radius 2 is 2.04 bits per heavy atom. The maximum absolute atomic E-state index is 10.4. The van der Waals surface area contributed by atoms with Crippen molar-refractivity contribution in [2.45, 2.75) is 25.2 Å². The summed E-state index contributed by atoms with van der Waals surface area (Å²) in [5, 5.41) is 13.5. The van der Waals surface area contributed by atoms with Crippen LogP contribution in [0.4, 0.5) is 4.79 Å². The predicted octanol–water partition coefficient (Wildman–Crippen LogP) is 3.07. The van der Waals surface area contributed by atoms with E-state index in [0.29, 0.717) is 12.5 Å². The van der Waals surface area contributed by atoms with E-state index in [2.05, 4.69) is 45.5 Å². The summed E-state index contributed by atoms with van der Waals surface area (Å²) in [6.07, 6.45) is 4.08. The molecule has 0 bridgehead atoms. The number of carbonyl (C=O) groups is 1. The number of piperidine rings is 1. The first kappa shape index (κ1) is 15.7. The van der Waals surface area contributed by atoms with Gasteiger partial charge in [0.1, 0.15) is 0 Å². The molecule has 1 aromatic carbocycles. The van der Waals surface area contributed by atoms with Gasteiger partial charge in [0, 0.05) is 24.0 Å². The van der Waals surface area contributed by atoms with Gasteiger partial charge in [0.25, 0.3) is 0 Å². The second-order valence-corrected chi connectivity index (χ2v) is 6.12. The van der Waals surface area contributed by atoms with Crippen LogP contribution in [-0.4, -0.2) is 47.3 Å². The van der Waals surface area contributed by atoms with Gasteiger partial charge in [-0.2, -0.15) is 0 Å². The Morgan fingerprint density at radius 3 is 2.83 bits per heavy atom. The van der Waals surface area contributed by atoms with E-state index < -0.39 is 6.09 Å². The van der Waals surface area contributed by atoms with Crippen LogP contribution >= 0.6 is 0 Å². The molecule has 1 saturated heterocycles. The number of hydrogen-bond donors (Lipinski definition) is 2. The average molecular weight is 313 g/mol. The summed E-state index contributed by atoms with van der Waals surface area (Å²) < 4.78 is 0. The fourth-order valence-corrected chi connectivity index (χ4v) is 3.40. The molecule has 0 saturated carbocycles. The molecule has 0 radical (unpaired) electrons. The van der Waals surface area contributed by atoms with E-state index >= 15 is 0 Å². The van der Waals surface area contributed by atoms with Crippen molar-refractivity contribution in [1.82, 2.24) is 15.2 Å². The van der Waals surface area contributed by atoms with Crippen LogP contribution in [-0.2, 0) is 0 Å². The first-order valence-corrected chi connectivity index (χ1v) is 8.27.